The van der Waals surface area contributed by atoms with Crippen LogP contribution in [0.2, 0.25) is 0 Å². The van der Waals surface area contributed by atoms with Gasteiger partial charge >= 0.3 is 53.4 Å². The molecule has 0 aromatic rings. The second-order valence-corrected chi connectivity index (χ2v) is 3.08. The fourth-order valence-electron chi connectivity index (χ4n) is 0. The van der Waals surface area contributed by atoms with Gasteiger partial charge < -0.3 is 37.7 Å². The predicted octanol–water partition coefficient (Wildman–Crippen LogP) is -2.84. The van der Waals surface area contributed by atoms with Gasteiger partial charge in [-0.25, -0.2) is 9.13 Å². The summed E-state index contributed by atoms with van der Waals surface area (Å²) in [4.78, 5) is 43.1. The molecule has 0 spiro atoms. The average molecular weight is 256 g/mol. The van der Waals surface area contributed by atoms with E-state index in [1.165, 1.54) is 0 Å². The minimum atomic E-state index is -4.64. The predicted molar refractivity (Wildman–Crippen MR) is 40.1 cm³/mol. The van der Waals surface area contributed by atoms with Crippen LogP contribution in [0.4, 0.5) is 0 Å². The van der Waals surface area contributed by atoms with Gasteiger partial charge in [-0.15, -0.1) is 0 Å². The van der Waals surface area contributed by atoms with Crippen molar-refractivity contribution in [2.24, 2.45) is 0 Å². The first-order valence-corrected chi connectivity index (χ1v) is 4.70. The summed E-state index contributed by atoms with van der Waals surface area (Å²) in [6, 6.07) is 0. The molecule has 0 aromatic carbocycles. The fourth-order valence-corrected chi connectivity index (χ4v) is 0. The summed E-state index contributed by atoms with van der Waals surface area (Å²) in [7, 11) is -9.28. The normalized spacial score (nSPS) is 9.83. The van der Waals surface area contributed by atoms with Crippen molar-refractivity contribution in [2.75, 3.05) is 0 Å². The Kier molecular flexibility index (Phi) is 17.5. The van der Waals surface area contributed by atoms with Gasteiger partial charge in [-0.05, 0) is 0 Å². The Hall–Kier alpha value is 1.44. The Morgan fingerprint density at radius 2 is 0.750 bits per heavy atom. The van der Waals surface area contributed by atoms with Crippen molar-refractivity contribution in [3.63, 3.8) is 0 Å². The van der Waals surface area contributed by atoms with Gasteiger partial charge in [0.1, 0.15) is 0 Å². The summed E-state index contributed by atoms with van der Waals surface area (Å²) >= 11 is 0. The Morgan fingerprint density at radius 1 is 0.750 bits per heavy atom. The van der Waals surface area contributed by atoms with Crippen LogP contribution in [-0.4, -0.2) is 72.6 Å². The van der Waals surface area contributed by atoms with E-state index in [0.717, 1.165) is 0 Å². The zero-order chi connectivity index (χ0) is 9.00. The Morgan fingerprint density at radius 3 is 0.750 bits per heavy atom. The molecule has 0 aliphatic carbocycles. The molecule has 12 heavy (non-hydrogen) atoms. The van der Waals surface area contributed by atoms with E-state index < -0.39 is 15.6 Å². The SMILES string of the molecule is O.O=P(O)(O)O.O=P(O)(O)O.[Ca+2].[H-].[H-]. The van der Waals surface area contributed by atoms with Gasteiger partial charge in [0.15, 0.2) is 0 Å². The van der Waals surface area contributed by atoms with Crippen molar-refractivity contribution in [3.05, 3.63) is 0 Å². The van der Waals surface area contributed by atoms with Crippen molar-refractivity contribution in [1.82, 2.24) is 0 Å². The van der Waals surface area contributed by atoms with Gasteiger partial charge in [0, 0.05) is 0 Å². The van der Waals surface area contributed by atoms with Gasteiger partial charge in [-0.3, -0.25) is 0 Å². The van der Waals surface area contributed by atoms with Crippen LogP contribution in [0.25, 0.3) is 0 Å². The molecule has 0 amide bonds. The van der Waals surface area contributed by atoms with Gasteiger partial charge in [0.25, 0.3) is 0 Å². The molecule has 0 rings (SSSR count). The Labute approximate surface area is 99.8 Å². The largest absolute Gasteiger partial charge is 2.00 e. The first-order valence-electron chi connectivity index (χ1n) is 1.57. The van der Waals surface area contributed by atoms with Crippen molar-refractivity contribution in [3.8, 4) is 0 Å². The monoisotopic (exact) mass is 256 g/mol. The number of hydrogen-bond acceptors (Lipinski definition) is 2. The summed E-state index contributed by atoms with van der Waals surface area (Å²) in [5.41, 5.74) is 0. The molecule has 0 unspecified atom stereocenters. The van der Waals surface area contributed by atoms with E-state index in [4.69, 9.17) is 38.5 Å². The summed E-state index contributed by atoms with van der Waals surface area (Å²) in [5, 5.41) is 0. The van der Waals surface area contributed by atoms with Crippen molar-refractivity contribution in [1.29, 1.82) is 0 Å². The maximum Gasteiger partial charge on any atom is 2.00 e. The minimum Gasteiger partial charge on any atom is -1.00 e. The molecule has 0 atom stereocenters. The smallest absolute Gasteiger partial charge is 1.00 e. The topological polar surface area (TPSA) is 187 Å². The zero-order valence-electron chi connectivity index (χ0n) is 7.60. The zero-order valence-corrected chi connectivity index (χ0v) is 9.60. The maximum absolute atomic E-state index is 8.88. The summed E-state index contributed by atoms with van der Waals surface area (Å²) in [5.74, 6) is 0. The van der Waals surface area contributed by atoms with Crippen LogP contribution in [0.15, 0.2) is 0 Å². The second kappa shape index (κ2) is 9.01. The maximum atomic E-state index is 8.88. The third-order valence-electron chi connectivity index (χ3n) is 0. The molecule has 0 radical (unpaired) electrons. The molecule has 12 heteroatoms. The third kappa shape index (κ3) is 601. The van der Waals surface area contributed by atoms with E-state index in [9.17, 15) is 0 Å². The summed E-state index contributed by atoms with van der Waals surface area (Å²) in [6.45, 7) is 0. The second-order valence-electron chi connectivity index (χ2n) is 1.03. The quantitative estimate of drug-likeness (QED) is 0.197. The van der Waals surface area contributed by atoms with Crippen LogP contribution in [-0.2, 0) is 9.13 Å². The molecule has 0 bridgehead atoms. The van der Waals surface area contributed by atoms with Crippen LogP contribution in [0.3, 0.4) is 0 Å². The van der Waals surface area contributed by atoms with Crippen LogP contribution >= 0.6 is 15.6 Å². The average Bonchev–Trinajstić information content (AvgIpc) is 1.12. The van der Waals surface area contributed by atoms with Gasteiger partial charge in [0.2, 0.25) is 0 Å². The van der Waals surface area contributed by atoms with Crippen molar-refractivity contribution >= 4 is 53.4 Å². The summed E-state index contributed by atoms with van der Waals surface area (Å²) < 4.78 is 17.8. The third-order valence-corrected chi connectivity index (χ3v) is 0. The molecule has 76 valence electrons. The van der Waals surface area contributed by atoms with Crippen LogP contribution in [0.1, 0.15) is 2.85 Å². The molecule has 0 aromatic heterocycles. The Balaban J connectivity index is -0.0000000178. The van der Waals surface area contributed by atoms with Gasteiger partial charge in [-0.1, -0.05) is 0 Å². The molecular formula is H10CaO9P2. The van der Waals surface area contributed by atoms with Crippen LogP contribution < -0.4 is 0 Å². The van der Waals surface area contributed by atoms with Crippen molar-refractivity contribution < 1.29 is 46.8 Å². The standard InChI is InChI=1S/Ca.2H3O4P.H2O.2H/c;2*1-5(2,3)4;;;/h;2*(H3,1,2,3,4);1H2;;/q+2;;;;2*-1. The first kappa shape index (κ1) is 23.3. The van der Waals surface area contributed by atoms with E-state index in [1.54, 1.807) is 0 Å². The molecule has 0 aliphatic heterocycles. The summed E-state index contributed by atoms with van der Waals surface area (Å²) in [6.07, 6.45) is 0. The van der Waals surface area contributed by atoms with E-state index >= 15 is 0 Å². The molecule has 0 saturated carbocycles. The van der Waals surface area contributed by atoms with Gasteiger partial charge in [0.05, 0.1) is 0 Å². The van der Waals surface area contributed by atoms with Crippen LogP contribution in [0, 0.1) is 0 Å². The number of hydrogen-bond donors (Lipinski definition) is 6. The fraction of sp³-hybridized carbons (Fsp3) is 0. The molecule has 0 saturated heterocycles. The van der Waals surface area contributed by atoms with E-state index in [2.05, 4.69) is 0 Å². The minimum absolute atomic E-state index is 0. The van der Waals surface area contributed by atoms with E-state index in [1.807, 2.05) is 0 Å². The van der Waals surface area contributed by atoms with Crippen LogP contribution in [0.5, 0.6) is 0 Å². The van der Waals surface area contributed by atoms with Gasteiger partial charge in [-0.2, -0.15) is 0 Å². The first-order chi connectivity index (χ1) is 4.00. The number of phosphoric acid groups is 2. The molecule has 0 heterocycles. The van der Waals surface area contributed by atoms with E-state index in [0.29, 0.717) is 0 Å². The molecule has 0 aliphatic rings. The van der Waals surface area contributed by atoms with Crippen molar-refractivity contribution in [2.45, 2.75) is 0 Å². The number of rotatable bonds is 0. The molecule has 9 nitrogen and oxygen atoms in total. The molecule has 8 N–H and O–H groups in total. The van der Waals surface area contributed by atoms with E-state index in [-0.39, 0.29) is 46.1 Å². The Bertz CT molecular complexity index is 133. The molecular weight excluding hydrogens is 246 g/mol. The molecule has 0 fully saturated rings.